The molecule has 0 aliphatic carbocycles. The van der Waals surface area contributed by atoms with Crippen molar-refractivity contribution in [3.05, 3.63) is 47.0 Å². The van der Waals surface area contributed by atoms with Crippen LogP contribution in [0, 0.1) is 0 Å². The molecular weight excluding hydrogens is 196 g/mol. The molecule has 0 bridgehead atoms. The van der Waals surface area contributed by atoms with Gasteiger partial charge >= 0.3 is 0 Å². The van der Waals surface area contributed by atoms with Crippen LogP contribution >= 0.6 is 0 Å². The van der Waals surface area contributed by atoms with Crippen LogP contribution in [0.4, 0.5) is 0 Å². The highest BCUT2D eigenvalue weighted by molar-refractivity contribution is 6.04. The molecule has 0 saturated carbocycles. The Morgan fingerprint density at radius 1 is 1.06 bits per heavy atom. The zero-order valence-electron chi connectivity index (χ0n) is 10.4. The Kier molecular flexibility index (Phi) is 4.97. The second-order valence-electron chi connectivity index (χ2n) is 3.92. The summed E-state index contributed by atoms with van der Waals surface area (Å²) >= 11 is 0. The van der Waals surface area contributed by atoms with Crippen LogP contribution < -0.4 is 0 Å². The minimum atomic E-state index is 0.126. The first-order valence-corrected chi connectivity index (χ1v) is 6.03. The largest absolute Gasteiger partial charge is 0.289 e. The van der Waals surface area contributed by atoms with Gasteiger partial charge in [-0.2, -0.15) is 0 Å². The molecule has 0 atom stereocenters. The molecule has 0 amide bonds. The number of hydrogen-bond acceptors (Lipinski definition) is 1. The lowest BCUT2D eigenvalue weighted by atomic mass is 10.0. The molecule has 0 radical (unpaired) electrons. The van der Waals surface area contributed by atoms with E-state index in [2.05, 4.69) is 20.8 Å². The van der Waals surface area contributed by atoms with Crippen LogP contribution in [-0.2, 0) is 6.42 Å². The monoisotopic (exact) mass is 216 g/mol. The molecule has 0 heterocycles. The fraction of sp³-hybridized carbons (Fsp3) is 0.400. The van der Waals surface area contributed by atoms with Gasteiger partial charge in [-0.25, -0.2) is 0 Å². The molecule has 86 valence electrons. The second kappa shape index (κ2) is 6.26. The zero-order chi connectivity index (χ0) is 12.0. The van der Waals surface area contributed by atoms with Crippen LogP contribution in [0.3, 0.4) is 0 Å². The highest BCUT2D eigenvalue weighted by Gasteiger charge is 2.03. The Balaban J connectivity index is 2.84. The van der Waals surface area contributed by atoms with E-state index in [9.17, 15) is 4.79 Å². The summed E-state index contributed by atoms with van der Waals surface area (Å²) in [4.78, 5) is 11.9. The second-order valence-corrected chi connectivity index (χ2v) is 3.92. The molecule has 1 heteroatoms. The third-order valence-electron chi connectivity index (χ3n) is 2.89. The van der Waals surface area contributed by atoms with Crippen LogP contribution in [0.25, 0.3) is 0 Å². The molecule has 1 nitrogen and oxygen atoms in total. The molecule has 1 aromatic rings. The first-order valence-electron chi connectivity index (χ1n) is 6.03. The Bertz CT molecular complexity index is 365. The van der Waals surface area contributed by atoms with E-state index in [0.717, 1.165) is 24.8 Å². The molecule has 16 heavy (non-hydrogen) atoms. The maximum Gasteiger partial charge on any atom is 0.185 e. The summed E-state index contributed by atoms with van der Waals surface area (Å²) in [5.41, 5.74) is 3.27. The number of hydrogen-bond donors (Lipinski definition) is 0. The maximum atomic E-state index is 11.9. The summed E-state index contributed by atoms with van der Waals surface area (Å²) in [7, 11) is 0. The Morgan fingerprint density at radius 3 is 2.06 bits per heavy atom. The minimum absolute atomic E-state index is 0.126. The lowest BCUT2D eigenvalue weighted by Gasteiger charge is -2.01. The van der Waals surface area contributed by atoms with Crippen molar-refractivity contribution >= 4 is 5.78 Å². The van der Waals surface area contributed by atoms with Gasteiger partial charge in [0.25, 0.3) is 0 Å². The molecule has 0 unspecified atom stereocenters. The van der Waals surface area contributed by atoms with Crippen LogP contribution in [-0.4, -0.2) is 5.78 Å². The summed E-state index contributed by atoms with van der Waals surface area (Å²) < 4.78 is 0. The van der Waals surface area contributed by atoms with E-state index < -0.39 is 0 Å². The molecule has 0 aromatic heterocycles. The van der Waals surface area contributed by atoms with Gasteiger partial charge < -0.3 is 0 Å². The number of allylic oxidation sites excluding steroid dienone is 2. The van der Waals surface area contributed by atoms with E-state index in [0.29, 0.717) is 0 Å². The molecule has 0 N–H and O–H groups in total. The third-order valence-corrected chi connectivity index (χ3v) is 2.89. The molecule has 1 aromatic carbocycles. The van der Waals surface area contributed by atoms with Gasteiger partial charge in [-0.05, 0) is 30.9 Å². The van der Waals surface area contributed by atoms with Crippen molar-refractivity contribution in [1.29, 1.82) is 0 Å². The first-order chi connectivity index (χ1) is 7.71. The number of benzene rings is 1. The molecule has 0 fully saturated rings. The number of ketones is 1. The molecule has 0 saturated heterocycles. The predicted octanol–water partition coefficient (Wildman–Crippen LogP) is 4.18. The van der Waals surface area contributed by atoms with Gasteiger partial charge in [0.05, 0.1) is 0 Å². The first kappa shape index (κ1) is 12.7. The lowest BCUT2D eigenvalue weighted by molar-refractivity contribution is 0.104. The van der Waals surface area contributed by atoms with E-state index in [1.54, 1.807) is 6.08 Å². The van der Waals surface area contributed by atoms with Gasteiger partial charge in [-0.1, -0.05) is 50.6 Å². The van der Waals surface area contributed by atoms with Crippen LogP contribution in [0.5, 0.6) is 0 Å². The maximum absolute atomic E-state index is 11.9. The Hall–Kier alpha value is -1.37. The van der Waals surface area contributed by atoms with Crippen molar-refractivity contribution in [1.82, 2.24) is 0 Å². The SMILES string of the molecule is CCC(=CC(=O)c1ccc(CC)cc1)CC. The topological polar surface area (TPSA) is 17.1 Å². The van der Waals surface area contributed by atoms with Gasteiger partial charge in [0.2, 0.25) is 0 Å². The van der Waals surface area contributed by atoms with Crippen molar-refractivity contribution < 1.29 is 4.79 Å². The summed E-state index contributed by atoms with van der Waals surface area (Å²) in [5.74, 6) is 0.126. The van der Waals surface area contributed by atoms with Gasteiger partial charge in [-0.3, -0.25) is 4.79 Å². The Labute approximate surface area is 98.2 Å². The van der Waals surface area contributed by atoms with Crippen LogP contribution in [0.2, 0.25) is 0 Å². The average Bonchev–Trinajstić information content (AvgIpc) is 2.35. The highest BCUT2D eigenvalue weighted by atomic mass is 16.1. The van der Waals surface area contributed by atoms with Crippen LogP contribution in [0.15, 0.2) is 35.9 Å². The molecule has 1 rings (SSSR count). The van der Waals surface area contributed by atoms with Crippen LogP contribution in [0.1, 0.15) is 49.5 Å². The lowest BCUT2D eigenvalue weighted by Crippen LogP contribution is -1.96. The Morgan fingerprint density at radius 2 is 1.62 bits per heavy atom. The van der Waals surface area contributed by atoms with E-state index in [1.807, 2.05) is 24.3 Å². The normalized spacial score (nSPS) is 9.94. The van der Waals surface area contributed by atoms with Gasteiger partial charge in [0.1, 0.15) is 0 Å². The quantitative estimate of drug-likeness (QED) is 0.533. The smallest absolute Gasteiger partial charge is 0.185 e. The van der Waals surface area contributed by atoms with Crippen molar-refractivity contribution in [2.45, 2.75) is 40.0 Å². The molecular formula is C15H20O. The highest BCUT2D eigenvalue weighted by Crippen LogP contribution is 2.10. The number of carbonyl (C=O) groups is 1. The molecule has 0 aliphatic rings. The molecule has 0 spiro atoms. The number of carbonyl (C=O) groups excluding carboxylic acids is 1. The summed E-state index contributed by atoms with van der Waals surface area (Å²) in [6.07, 6.45) is 4.70. The van der Waals surface area contributed by atoms with E-state index in [-0.39, 0.29) is 5.78 Å². The summed E-state index contributed by atoms with van der Waals surface area (Å²) in [5, 5.41) is 0. The number of aryl methyl sites for hydroxylation is 1. The number of rotatable bonds is 5. The van der Waals surface area contributed by atoms with Crippen molar-refractivity contribution in [2.24, 2.45) is 0 Å². The standard InChI is InChI=1S/C15H20O/c1-4-12(5-2)11-15(16)14-9-7-13(6-3)8-10-14/h7-11H,4-6H2,1-3H3. The summed E-state index contributed by atoms with van der Waals surface area (Å²) in [6, 6.07) is 7.89. The van der Waals surface area contributed by atoms with Crippen molar-refractivity contribution in [2.75, 3.05) is 0 Å². The molecule has 0 aliphatic heterocycles. The van der Waals surface area contributed by atoms with Gasteiger partial charge in [-0.15, -0.1) is 0 Å². The van der Waals surface area contributed by atoms with E-state index >= 15 is 0 Å². The minimum Gasteiger partial charge on any atom is -0.289 e. The zero-order valence-corrected chi connectivity index (χ0v) is 10.4. The fourth-order valence-electron chi connectivity index (χ4n) is 1.63. The van der Waals surface area contributed by atoms with E-state index in [4.69, 9.17) is 0 Å². The van der Waals surface area contributed by atoms with Crippen molar-refractivity contribution in [3.8, 4) is 0 Å². The van der Waals surface area contributed by atoms with Gasteiger partial charge in [0.15, 0.2) is 5.78 Å². The predicted molar refractivity (Wildman–Crippen MR) is 68.8 cm³/mol. The van der Waals surface area contributed by atoms with E-state index in [1.165, 1.54) is 11.1 Å². The summed E-state index contributed by atoms with van der Waals surface area (Å²) in [6.45, 7) is 6.29. The van der Waals surface area contributed by atoms with Gasteiger partial charge in [0, 0.05) is 5.56 Å². The average molecular weight is 216 g/mol. The fourth-order valence-corrected chi connectivity index (χ4v) is 1.63. The van der Waals surface area contributed by atoms with Crippen molar-refractivity contribution in [3.63, 3.8) is 0 Å². The third kappa shape index (κ3) is 3.34.